The predicted molar refractivity (Wildman–Crippen MR) is 186 cm³/mol. The van der Waals surface area contributed by atoms with Gasteiger partial charge in [-0.25, -0.2) is 32.7 Å². The molecule has 0 radical (unpaired) electrons. The van der Waals surface area contributed by atoms with Crippen molar-refractivity contribution in [2.75, 3.05) is 31.2 Å². The Kier molecular flexibility index (Phi) is 10.2. The molecule has 0 aliphatic rings. The van der Waals surface area contributed by atoms with Gasteiger partial charge in [0.25, 0.3) is 0 Å². The molecule has 0 amide bonds. The lowest BCUT2D eigenvalue weighted by Gasteiger charge is -2.15. The molecule has 13 heteroatoms. The molecule has 0 aliphatic heterocycles. The lowest BCUT2D eigenvalue weighted by Crippen LogP contribution is -2.28. The maximum Gasteiger partial charge on any atom is 0.196 e. The van der Waals surface area contributed by atoms with E-state index in [1.54, 1.807) is 29.5 Å². The molecule has 3 aromatic heterocycles. The van der Waals surface area contributed by atoms with E-state index >= 15 is 0 Å². The number of hydrogen-bond donors (Lipinski definition) is 1. The number of thiazole rings is 1. The van der Waals surface area contributed by atoms with Gasteiger partial charge in [-0.1, -0.05) is 24.3 Å². The van der Waals surface area contributed by atoms with Crippen LogP contribution in [0.5, 0.6) is 5.75 Å². The van der Waals surface area contributed by atoms with Crippen LogP contribution in [0.3, 0.4) is 0 Å². The Balaban J connectivity index is 1.09. The first-order chi connectivity index (χ1) is 22.7. The van der Waals surface area contributed by atoms with Crippen LogP contribution < -0.4 is 10.1 Å². The van der Waals surface area contributed by atoms with E-state index < -0.39 is 9.84 Å². The first kappa shape index (κ1) is 32.6. The molecule has 0 bridgehead atoms. The average molecular weight is 734 g/mol. The average Bonchev–Trinajstić information content (AvgIpc) is 3.56. The van der Waals surface area contributed by atoms with Crippen LogP contribution in [0.2, 0.25) is 0 Å². The van der Waals surface area contributed by atoms with Crippen LogP contribution in [-0.4, -0.2) is 59.1 Å². The molecule has 0 unspecified atom stereocenters. The zero-order valence-electron chi connectivity index (χ0n) is 25.3. The van der Waals surface area contributed by atoms with Gasteiger partial charge in [-0.15, -0.1) is 11.3 Å². The van der Waals surface area contributed by atoms with Crippen LogP contribution in [-0.2, 0) is 22.9 Å². The van der Waals surface area contributed by atoms with Gasteiger partial charge in [0.2, 0.25) is 0 Å². The number of fused-ring (bicyclic) bond motifs is 1. The first-order valence-electron chi connectivity index (χ1n) is 14.7. The Morgan fingerprint density at radius 3 is 2.68 bits per heavy atom. The number of nitrogens with zero attached hydrogens (tertiary/aromatic N) is 5. The minimum Gasteiger partial charge on any atom is -0.488 e. The third-order valence-corrected chi connectivity index (χ3v) is 10.5. The van der Waals surface area contributed by atoms with Crippen molar-refractivity contribution >= 4 is 59.5 Å². The Morgan fingerprint density at radius 1 is 0.979 bits per heavy atom. The van der Waals surface area contributed by atoms with Gasteiger partial charge in [-0.2, -0.15) is 0 Å². The lowest BCUT2D eigenvalue weighted by atomic mass is 10.1. The zero-order valence-corrected chi connectivity index (χ0v) is 28.5. The number of nitrogens with one attached hydrogen (secondary N) is 1. The molecule has 3 aromatic carbocycles. The molecule has 0 aliphatic carbocycles. The number of anilines is 2. The second-order valence-corrected chi connectivity index (χ2v) is 14.7. The highest BCUT2D eigenvalue weighted by atomic mass is 79.9. The number of hydrogen-bond acceptors (Lipinski definition) is 10. The van der Waals surface area contributed by atoms with E-state index in [0.29, 0.717) is 31.1 Å². The van der Waals surface area contributed by atoms with E-state index in [1.807, 2.05) is 59.8 Å². The Hall–Kier alpha value is -4.30. The highest BCUT2D eigenvalue weighted by Gasteiger charge is 2.17. The van der Waals surface area contributed by atoms with Crippen molar-refractivity contribution in [1.82, 2.24) is 24.8 Å². The number of ether oxygens (including phenoxy) is 1. The summed E-state index contributed by atoms with van der Waals surface area (Å²) in [6.45, 7) is 1.32. The van der Waals surface area contributed by atoms with Gasteiger partial charge < -0.3 is 15.0 Å². The van der Waals surface area contributed by atoms with Gasteiger partial charge in [-0.05, 0) is 83.1 Å². The molecule has 240 valence electrons. The number of aromatic nitrogens is 4. The van der Waals surface area contributed by atoms with Crippen LogP contribution in [0.4, 0.5) is 15.9 Å². The molecule has 0 atom stereocenters. The summed E-state index contributed by atoms with van der Waals surface area (Å²) in [5, 5.41) is 7.33. The Bertz CT molecular complexity index is 2110. The number of benzene rings is 3. The van der Waals surface area contributed by atoms with Crippen molar-refractivity contribution in [1.29, 1.82) is 0 Å². The maximum atomic E-state index is 13.5. The molecule has 6 aromatic rings. The van der Waals surface area contributed by atoms with E-state index in [9.17, 15) is 12.8 Å². The minimum absolute atomic E-state index is 0.00457. The summed E-state index contributed by atoms with van der Waals surface area (Å²) in [4.78, 5) is 19.8. The van der Waals surface area contributed by atoms with Gasteiger partial charge in [0.05, 0.1) is 26.4 Å². The maximum absolute atomic E-state index is 13.5. The van der Waals surface area contributed by atoms with Crippen molar-refractivity contribution in [3.8, 4) is 17.0 Å². The van der Waals surface area contributed by atoms with Gasteiger partial charge in [0.15, 0.2) is 14.9 Å². The van der Waals surface area contributed by atoms with Crippen molar-refractivity contribution in [2.45, 2.75) is 18.1 Å². The van der Waals surface area contributed by atoms with Crippen molar-refractivity contribution in [3.05, 3.63) is 118 Å². The summed E-state index contributed by atoms with van der Waals surface area (Å²) in [5.41, 5.74) is 4.12. The predicted octanol–water partition coefficient (Wildman–Crippen LogP) is 7.32. The standard InChI is InChI=1S/C34H30BrFN6O3S2/c1-42(15-16-47(43,44)33-7-2-3-13-37-33)14-12-32-41-30(21-46-32)24-8-10-29-27(18-24)34(39-22-38-29)40-26-9-11-31(28(35)19-26)45-20-23-5-4-6-25(36)17-23/h2-11,13,17-19,21-22H,12,14-16,20H2,1H3,(H,38,39,40). The van der Waals surface area contributed by atoms with Crippen molar-refractivity contribution in [2.24, 2.45) is 0 Å². The Labute approximate surface area is 284 Å². The summed E-state index contributed by atoms with van der Waals surface area (Å²) in [6.07, 6.45) is 3.71. The molecular weight excluding hydrogens is 703 g/mol. The number of halogens is 2. The number of sulfone groups is 1. The van der Waals surface area contributed by atoms with Crippen LogP contribution in [0, 0.1) is 5.82 Å². The molecule has 6 rings (SSSR count). The van der Waals surface area contributed by atoms with Crippen LogP contribution in [0.1, 0.15) is 10.6 Å². The van der Waals surface area contributed by atoms with Gasteiger partial charge in [0.1, 0.15) is 30.3 Å². The zero-order chi connectivity index (χ0) is 32.8. The quantitative estimate of drug-likeness (QED) is 0.131. The van der Waals surface area contributed by atoms with E-state index in [0.717, 1.165) is 42.9 Å². The second-order valence-electron chi connectivity index (χ2n) is 10.8. The van der Waals surface area contributed by atoms with Crippen LogP contribution in [0.15, 0.2) is 106 Å². The monoisotopic (exact) mass is 732 g/mol. The van der Waals surface area contributed by atoms with Crippen molar-refractivity contribution < 1.29 is 17.5 Å². The van der Waals surface area contributed by atoms with Gasteiger partial charge in [0, 0.05) is 47.7 Å². The van der Waals surface area contributed by atoms with Crippen LogP contribution >= 0.6 is 27.3 Å². The molecular formula is C34H30BrFN6O3S2. The molecule has 1 N–H and O–H groups in total. The third kappa shape index (κ3) is 8.35. The van der Waals surface area contributed by atoms with Crippen molar-refractivity contribution in [3.63, 3.8) is 0 Å². The summed E-state index contributed by atoms with van der Waals surface area (Å²) in [6, 6.07) is 22.8. The highest BCUT2D eigenvalue weighted by molar-refractivity contribution is 9.10. The molecule has 0 saturated carbocycles. The number of likely N-dealkylation sites (N-methyl/N-ethyl adjacent to an activating group) is 1. The normalized spacial score (nSPS) is 11.7. The third-order valence-electron chi connectivity index (χ3n) is 7.37. The highest BCUT2D eigenvalue weighted by Crippen LogP contribution is 2.33. The summed E-state index contributed by atoms with van der Waals surface area (Å²) < 4.78 is 45.3. The summed E-state index contributed by atoms with van der Waals surface area (Å²) in [5.74, 6) is 0.989. The van der Waals surface area contributed by atoms with Gasteiger partial charge >= 0.3 is 0 Å². The van der Waals surface area contributed by atoms with E-state index in [-0.39, 0.29) is 23.2 Å². The minimum atomic E-state index is -3.43. The molecule has 47 heavy (non-hydrogen) atoms. The molecule has 0 spiro atoms. The fourth-order valence-electron chi connectivity index (χ4n) is 4.80. The largest absolute Gasteiger partial charge is 0.488 e. The smallest absolute Gasteiger partial charge is 0.196 e. The number of pyridine rings is 1. The molecule has 0 saturated heterocycles. The van der Waals surface area contributed by atoms with E-state index in [2.05, 4.69) is 36.2 Å². The first-order valence-corrected chi connectivity index (χ1v) is 18.0. The van der Waals surface area contributed by atoms with E-state index in [4.69, 9.17) is 9.72 Å². The summed E-state index contributed by atoms with van der Waals surface area (Å²) >= 11 is 5.16. The molecule has 0 fully saturated rings. The number of rotatable bonds is 13. The van der Waals surface area contributed by atoms with Gasteiger partial charge in [-0.3, -0.25) is 0 Å². The SMILES string of the molecule is CN(CCc1nc(-c2ccc3ncnc(Nc4ccc(OCc5cccc(F)c5)c(Br)c4)c3c2)cs1)CCS(=O)(=O)c1ccccn1. The van der Waals surface area contributed by atoms with E-state index in [1.165, 1.54) is 30.7 Å². The topological polar surface area (TPSA) is 110 Å². The fourth-order valence-corrected chi connectivity index (χ4v) is 7.36. The Morgan fingerprint density at radius 2 is 1.87 bits per heavy atom. The van der Waals surface area contributed by atoms with Crippen LogP contribution in [0.25, 0.3) is 22.2 Å². The molecule has 3 heterocycles. The summed E-state index contributed by atoms with van der Waals surface area (Å²) in [7, 11) is -1.52. The molecule has 9 nitrogen and oxygen atoms in total. The fraction of sp³-hybridized carbons (Fsp3) is 0.176. The second kappa shape index (κ2) is 14.6. The lowest BCUT2D eigenvalue weighted by molar-refractivity contribution is 0.303.